The number of amides is 1. The third-order valence-corrected chi connectivity index (χ3v) is 3.46. The van der Waals surface area contributed by atoms with Gasteiger partial charge in [-0.3, -0.25) is 4.79 Å². The first-order valence-electron chi connectivity index (χ1n) is 6.16. The minimum atomic E-state index is -0.872. The third-order valence-electron chi connectivity index (χ3n) is 3.46. The van der Waals surface area contributed by atoms with Crippen molar-refractivity contribution in [3.63, 3.8) is 0 Å². The van der Waals surface area contributed by atoms with Gasteiger partial charge in [-0.2, -0.15) is 0 Å². The molecular weight excluding hydrogens is 246 g/mol. The van der Waals surface area contributed by atoms with Crippen molar-refractivity contribution >= 4 is 11.6 Å². The Hall–Kier alpha value is -1.92. The number of rotatable bonds is 1. The molecule has 0 bridgehead atoms. The van der Waals surface area contributed by atoms with Crippen molar-refractivity contribution in [3.05, 3.63) is 35.8 Å². The monoisotopic (exact) mass is 261 g/mol. The number of pyridine rings is 1. The highest BCUT2D eigenvalue weighted by Crippen LogP contribution is 2.15. The Labute approximate surface area is 109 Å². The lowest BCUT2D eigenvalue weighted by Crippen LogP contribution is -2.30. The van der Waals surface area contributed by atoms with Crippen LogP contribution in [0, 0.1) is 6.92 Å². The normalized spacial score (nSPS) is 23.2. The molecule has 100 valence electrons. The molecule has 0 radical (unpaired) electrons. The third kappa shape index (κ3) is 1.98. The summed E-state index contributed by atoms with van der Waals surface area (Å²) in [4.78, 5) is 17.9. The highest BCUT2D eigenvalue weighted by Gasteiger charge is 2.33. The van der Waals surface area contributed by atoms with Crippen LogP contribution in [0.4, 0.5) is 0 Å². The first-order chi connectivity index (χ1) is 9.06. The van der Waals surface area contributed by atoms with E-state index in [1.54, 1.807) is 6.20 Å². The van der Waals surface area contributed by atoms with E-state index in [1.807, 2.05) is 29.5 Å². The Bertz CT molecular complexity index is 627. The zero-order valence-electron chi connectivity index (χ0n) is 10.5. The van der Waals surface area contributed by atoms with Gasteiger partial charge in [-0.25, -0.2) is 4.98 Å². The number of nitrogens with zero attached hydrogens (tertiary/aromatic N) is 3. The lowest BCUT2D eigenvalue weighted by Gasteiger charge is -2.12. The van der Waals surface area contributed by atoms with Crippen LogP contribution in [-0.2, 0) is 0 Å². The summed E-state index contributed by atoms with van der Waals surface area (Å²) in [6.07, 6.45) is -0.0604. The van der Waals surface area contributed by atoms with Crippen molar-refractivity contribution in [2.45, 2.75) is 19.1 Å². The molecule has 1 fully saturated rings. The molecule has 2 aromatic rings. The molecular formula is C13H15N3O3. The Balaban J connectivity index is 1.92. The van der Waals surface area contributed by atoms with Gasteiger partial charge in [0.2, 0.25) is 0 Å². The second-order valence-corrected chi connectivity index (χ2v) is 4.87. The average molecular weight is 261 g/mol. The van der Waals surface area contributed by atoms with E-state index in [-0.39, 0.29) is 19.0 Å². The van der Waals surface area contributed by atoms with Gasteiger partial charge in [-0.05, 0) is 19.1 Å². The molecule has 1 saturated heterocycles. The van der Waals surface area contributed by atoms with E-state index < -0.39 is 12.2 Å². The topological polar surface area (TPSA) is 78.1 Å². The van der Waals surface area contributed by atoms with Gasteiger partial charge in [0.25, 0.3) is 5.91 Å². The van der Waals surface area contributed by atoms with Gasteiger partial charge in [0.05, 0.1) is 12.2 Å². The fourth-order valence-corrected chi connectivity index (χ4v) is 2.35. The Morgan fingerprint density at radius 2 is 2.00 bits per heavy atom. The van der Waals surface area contributed by atoms with Gasteiger partial charge in [0.15, 0.2) is 0 Å². The number of aryl methyl sites for hydroxylation is 1. The molecule has 1 aliphatic rings. The number of fused-ring (bicyclic) bond motifs is 1. The quantitative estimate of drug-likeness (QED) is 0.746. The predicted molar refractivity (Wildman–Crippen MR) is 67.8 cm³/mol. The number of β-amino-alcohol motifs (C(OH)–C–C–N with tert-alkyl or cyclic N) is 2. The lowest BCUT2D eigenvalue weighted by atomic mass is 10.3. The standard InChI is InChI=1S/C13H15N3O3/c1-8-3-2-4-12-14-9(5-16(8)12)13(19)15-6-10(17)11(18)7-15/h2-5,10-11,17-18H,6-7H2,1H3/t10-,11+. The zero-order chi connectivity index (χ0) is 13.6. The number of aliphatic hydroxyl groups excluding tert-OH is 2. The first-order valence-corrected chi connectivity index (χ1v) is 6.16. The highest BCUT2D eigenvalue weighted by atomic mass is 16.3. The summed E-state index contributed by atoms with van der Waals surface area (Å²) in [5, 5.41) is 19.0. The smallest absolute Gasteiger partial charge is 0.274 e. The molecule has 1 aliphatic heterocycles. The molecule has 0 aliphatic carbocycles. The molecule has 0 saturated carbocycles. The Morgan fingerprint density at radius 1 is 1.32 bits per heavy atom. The molecule has 0 spiro atoms. The Morgan fingerprint density at radius 3 is 2.63 bits per heavy atom. The van der Waals surface area contributed by atoms with E-state index in [2.05, 4.69) is 4.98 Å². The lowest BCUT2D eigenvalue weighted by molar-refractivity contribution is 0.0572. The van der Waals surface area contributed by atoms with E-state index in [0.29, 0.717) is 11.3 Å². The van der Waals surface area contributed by atoms with Crippen LogP contribution in [0.25, 0.3) is 5.65 Å². The summed E-state index contributed by atoms with van der Waals surface area (Å²) in [7, 11) is 0. The number of aromatic nitrogens is 2. The maximum Gasteiger partial charge on any atom is 0.274 e. The fraction of sp³-hybridized carbons (Fsp3) is 0.385. The van der Waals surface area contributed by atoms with Crippen molar-refractivity contribution in [2.24, 2.45) is 0 Å². The minimum absolute atomic E-state index is 0.146. The van der Waals surface area contributed by atoms with Gasteiger partial charge in [-0.15, -0.1) is 0 Å². The largest absolute Gasteiger partial charge is 0.388 e. The summed E-state index contributed by atoms with van der Waals surface area (Å²) in [6.45, 7) is 2.23. The summed E-state index contributed by atoms with van der Waals surface area (Å²) >= 11 is 0. The van der Waals surface area contributed by atoms with Gasteiger partial charge < -0.3 is 19.5 Å². The average Bonchev–Trinajstić information content (AvgIpc) is 2.94. The van der Waals surface area contributed by atoms with Gasteiger partial charge >= 0.3 is 0 Å². The van der Waals surface area contributed by atoms with E-state index >= 15 is 0 Å². The number of likely N-dealkylation sites (tertiary alicyclic amines) is 1. The summed E-state index contributed by atoms with van der Waals surface area (Å²) in [5.41, 5.74) is 2.03. The number of carbonyl (C=O) groups excluding carboxylic acids is 1. The second-order valence-electron chi connectivity index (χ2n) is 4.87. The zero-order valence-corrected chi connectivity index (χ0v) is 10.5. The number of hydrogen-bond donors (Lipinski definition) is 2. The summed E-state index contributed by atoms with van der Waals surface area (Å²) in [5.74, 6) is -0.265. The van der Waals surface area contributed by atoms with Crippen LogP contribution < -0.4 is 0 Å². The molecule has 3 rings (SSSR count). The molecule has 3 heterocycles. The van der Waals surface area contributed by atoms with Crippen molar-refractivity contribution in [3.8, 4) is 0 Å². The molecule has 0 unspecified atom stereocenters. The van der Waals surface area contributed by atoms with Crippen LogP contribution in [0.1, 0.15) is 16.2 Å². The van der Waals surface area contributed by atoms with Crippen molar-refractivity contribution in [1.29, 1.82) is 0 Å². The Kier molecular flexibility index (Phi) is 2.76. The molecule has 1 amide bonds. The molecule has 6 heteroatoms. The summed E-state index contributed by atoms with van der Waals surface area (Å²) < 4.78 is 1.84. The number of hydrogen-bond acceptors (Lipinski definition) is 4. The fourth-order valence-electron chi connectivity index (χ4n) is 2.35. The summed E-state index contributed by atoms with van der Waals surface area (Å²) in [6, 6.07) is 5.65. The highest BCUT2D eigenvalue weighted by molar-refractivity contribution is 5.93. The SMILES string of the molecule is Cc1cccc2nc(C(=O)N3C[C@@H](O)[C@@H](O)C3)cn12. The van der Waals surface area contributed by atoms with Crippen LogP contribution in [0.3, 0.4) is 0 Å². The molecule has 6 nitrogen and oxygen atoms in total. The van der Waals surface area contributed by atoms with Crippen molar-refractivity contribution < 1.29 is 15.0 Å². The first kappa shape index (κ1) is 12.1. The van der Waals surface area contributed by atoms with Crippen LogP contribution in [-0.4, -0.2) is 55.7 Å². The van der Waals surface area contributed by atoms with Crippen molar-refractivity contribution in [2.75, 3.05) is 13.1 Å². The molecule has 19 heavy (non-hydrogen) atoms. The van der Waals surface area contributed by atoms with E-state index in [1.165, 1.54) is 4.90 Å². The molecule has 0 aromatic carbocycles. The van der Waals surface area contributed by atoms with Crippen LogP contribution in [0.15, 0.2) is 24.4 Å². The number of imidazole rings is 1. The predicted octanol–water partition coefficient (Wildman–Crippen LogP) is -0.180. The van der Waals surface area contributed by atoms with E-state index in [0.717, 1.165) is 5.69 Å². The molecule has 2 atom stereocenters. The molecule has 2 aromatic heterocycles. The van der Waals surface area contributed by atoms with Gasteiger partial charge in [0, 0.05) is 25.0 Å². The van der Waals surface area contributed by atoms with E-state index in [4.69, 9.17) is 0 Å². The second kappa shape index (κ2) is 4.32. The van der Waals surface area contributed by atoms with Crippen LogP contribution >= 0.6 is 0 Å². The van der Waals surface area contributed by atoms with Gasteiger partial charge in [0.1, 0.15) is 11.3 Å². The number of aliphatic hydroxyl groups is 2. The van der Waals surface area contributed by atoms with Gasteiger partial charge in [-0.1, -0.05) is 6.07 Å². The number of carbonyl (C=O) groups is 1. The van der Waals surface area contributed by atoms with Crippen molar-refractivity contribution in [1.82, 2.24) is 14.3 Å². The van der Waals surface area contributed by atoms with Crippen LogP contribution in [0.5, 0.6) is 0 Å². The maximum atomic E-state index is 12.2. The minimum Gasteiger partial charge on any atom is -0.388 e. The van der Waals surface area contributed by atoms with E-state index in [9.17, 15) is 15.0 Å². The molecule has 2 N–H and O–H groups in total. The maximum absolute atomic E-state index is 12.2. The van der Waals surface area contributed by atoms with Crippen LogP contribution in [0.2, 0.25) is 0 Å².